The van der Waals surface area contributed by atoms with Gasteiger partial charge in [-0.05, 0) is 36.5 Å². The smallest absolute Gasteiger partial charge is 0.314 e. The van der Waals surface area contributed by atoms with Crippen LogP contribution in [0, 0.1) is 16.0 Å². The van der Waals surface area contributed by atoms with Crippen molar-refractivity contribution in [1.82, 2.24) is 5.32 Å². The van der Waals surface area contributed by atoms with E-state index in [2.05, 4.69) is 5.32 Å². The number of hydrogen-bond donors (Lipinski definition) is 1. The molecule has 1 aliphatic rings. The molecular formula is C21H24N2O5. The number of nitro groups is 1. The molecule has 0 spiro atoms. The van der Waals surface area contributed by atoms with Crippen molar-refractivity contribution in [2.75, 3.05) is 13.7 Å². The zero-order valence-corrected chi connectivity index (χ0v) is 15.8. The SMILES string of the molecule is COc1ccc(OCC(=O)NC(c2ccccc2)C2CCCC2)c([N+](=O)[O-])c1. The lowest BCUT2D eigenvalue weighted by atomic mass is 9.91. The van der Waals surface area contributed by atoms with Gasteiger partial charge in [-0.25, -0.2) is 0 Å². The third-order valence-electron chi connectivity index (χ3n) is 5.07. The van der Waals surface area contributed by atoms with Crippen molar-refractivity contribution >= 4 is 11.6 Å². The van der Waals surface area contributed by atoms with E-state index in [1.165, 1.54) is 32.1 Å². The molecule has 1 aliphatic carbocycles. The van der Waals surface area contributed by atoms with E-state index in [1.807, 2.05) is 30.3 Å². The van der Waals surface area contributed by atoms with Gasteiger partial charge in [-0.2, -0.15) is 0 Å². The van der Waals surface area contributed by atoms with Crippen LogP contribution in [0.2, 0.25) is 0 Å². The number of carbonyl (C=O) groups is 1. The van der Waals surface area contributed by atoms with E-state index >= 15 is 0 Å². The normalized spacial score (nSPS) is 15.0. The van der Waals surface area contributed by atoms with Gasteiger partial charge in [-0.15, -0.1) is 0 Å². The van der Waals surface area contributed by atoms with Crippen LogP contribution in [-0.2, 0) is 4.79 Å². The lowest BCUT2D eigenvalue weighted by Gasteiger charge is -2.25. The Balaban J connectivity index is 1.68. The molecule has 1 atom stereocenters. The summed E-state index contributed by atoms with van der Waals surface area (Å²) in [6.07, 6.45) is 4.48. The second-order valence-corrected chi connectivity index (χ2v) is 6.88. The second kappa shape index (κ2) is 9.21. The maximum absolute atomic E-state index is 12.5. The minimum atomic E-state index is -0.555. The zero-order chi connectivity index (χ0) is 19.9. The van der Waals surface area contributed by atoms with Crippen molar-refractivity contribution in [3.8, 4) is 11.5 Å². The lowest BCUT2D eigenvalue weighted by molar-refractivity contribution is -0.385. The van der Waals surface area contributed by atoms with Crippen molar-refractivity contribution < 1.29 is 19.2 Å². The Kier molecular flexibility index (Phi) is 6.47. The highest BCUT2D eigenvalue weighted by Crippen LogP contribution is 2.36. The minimum absolute atomic E-state index is 0.0399. The molecule has 1 unspecified atom stereocenters. The van der Waals surface area contributed by atoms with Gasteiger partial charge in [-0.1, -0.05) is 43.2 Å². The summed E-state index contributed by atoms with van der Waals surface area (Å²) in [5.74, 6) is 0.486. The van der Waals surface area contributed by atoms with Crippen molar-refractivity contribution in [1.29, 1.82) is 0 Å². The molecule has 0 bridgehead atoms. The van der Waals surface area contributed by atoms with Gasteiger partial charge in [0.2, 0.25) is 0 Å². The molecule has 1 fully saturated rings. The van der Waals surface area contributed by atoms with Gasteiger partial charge in [0, 0.05) is 0 Å². The standard InChI is InChI=1S/C21H24N2O5/c1-27-17-11-12-19(18(13-17)23(25)26)28-14-20(24)22-21(16-9-5-6-10-16)15-7-3-2-4-8-15/h2-4,7-8,11-13,16,21H,5-6,9-10,14H2,1H3,(H,22,24). The van der Waals surface area contributed by atoms with Crippen LogP contribution in [0.4, 0.5) is 5.69 Å². The highest BCUT2D eigenvalue weighted by molar-refractivity contribution is 5.78. The highest BCUT2D eigenvalue weighted by atomic mass is 16.6. The second-order valence-electron chi connectivity index (χ2n) is 6.88. The number of ether oxygens (including phenoxy) is 2. The van der Waals surface area contributed by atoms with Gasteiger partial charge in [0.15, 0.2) is 12.4 Å². The third kappa shape index (κ3) is 4.79. The van der Waals surface area contributed by atoms with Crippen LogP contribution in [0.25, 0.3) is 0 Å². The van der Waals surface area contributed by atoms with Gasteiger partial charge >= 0.3 is 5.69 Å². The van der Waals surface area contributed by atoms with E-state index in [1.54, 1.807) is 6.07 Å². The Labute approximate surface area is 163 Å². The summed E-state index contributed by atoms with van der Waals surface area (Å²) in [7, 11) is 1.43. The monoisotopic (exact) mass is 384 g/mol. The Morgan fingerprint density at radius 1 is 1.21 bits per heavy atom. The number of carbonyl (C=O) groups excluding carboxylic acids is 1. The van der Waals surface area contributed by atoms with Crippen molar-refractivity contribution in [3.63, 3.8) is 0 Å². The number of rotatable bonds is 8. The van der Waals surface area contributed by atoms with Gasteiger partial charge < -0.3 is 14.8 Å². The molecule has 1 N–H and O–H groups in total. The molecule has 0 radical (unpaired) electrons. The summed E-state index contributed by atoms with van der Waals surface area (Å²) in [5.41, 5.74) is 0.834. The molecule has 0 aliphatic heterocycles. The quantitative estimate of drug-likeness (QED) is 0.548. The molecule has 148 valence electrons. The van der Waals surface area contributed by atoms with E-state index in [9.17, 15) is 14.9 Å². The minimum Gasteiger partial charge on any atom is -0.496 e. The van der Waals surface area contributed by atoms with Gasteiger partial charge in [0.1, 0.15) is 5.75 Å². The van der Waals surface area contributed by atoms with Crippen molar-refractivity contribution in [3.05, 3.63) is 64.2 Å². The molecule has 1 saturated carbocycles. The number of amides is 1. The first-order valence-electron chi connectivity index (χ1n) is 9.38. The van der Waals surface area contributed by atoms with Crippen LogP contribution in [0.15, 0.2) is 48.5 Å². The van der Waals surface area contributed by atoms with Crippen LogP contribution in [0.3, 0.4) is 0 Å². The number of hydrogen-bond acceptors (Lipinski definition) is 5. The van der Waals surface area contributed by atoms with Gasteiger partial charge in [-0.3, -0.25) is 14.9 Å². The van der Waals surface area contributed by atoms with E-state index in [0.29, 0.717) is 11.7 Å². The average molecular weight is 384 g/mol. The molecule has 28 heavy (non-hydrogen) atoms. The predicted octanol–water partition coefficient (Wildman–Crippen LogP) is 4.03. The number of methoxy groups -OCH3 is 1. The maximum Gasteiger partial charge on any atom is 0.314 e. The fraction of sp³-hybridized carbons (Fsp3) is 0.381. The molecule has 2 aromatic rings. The summed E-state index contributed by atoms with van der Waals surface area (Å²) in [6.45, 7) is -0.288. The largest absolute Gasteiger partial charge is 0.496 e. The Bertz CT molecular complexity index is 819. The van der Waals surface area contributed by atoms with Crippen LogP contribution in [0.1, 0.15) is 37.3 Å². The van der Waals surface area contributed by atoms with E-state index < -0.39 is 4.92 Å². The molecule has 3 rings (SSSR count). The Morgan fingerprint density at radius 3 is 2.57 bits per heavy atom. The molecule has 0 saturated heterocycles. The number of nitrogens with one attached hydrogen (secondary N) is 1. The topological polar surface area (TPSA) is 90.7 Å². The summed E-state index contributed by atoms with van der Waals surface area (Å²) >= 11 is 0. The number of nitro benzene ring substituents is 1. The highest BCUT2D eigenvalue weighted by Gasteiger charge is 2.28. The summed E-state index contributed by atoms with van der Waals surface area (Å²) in [6, 6.07) is 14.1. The molecule has 7 nitrogen and oxygen atoms in total. The van der Waals surface area contributed by atoms with E-state index in [4.69, 9.17) is 9.47 Å². The number of benzene rings is 2. The molecule has 2 aromatic carbocycles. The Morgan fingerprint density at radius 2 is 1.93 bits per heavy atom. The average Bonchev–Trinajstić information content (AvgIpc) is 3.25. The molecular weight excluding hydrogens is 360 g/mol. The van der Waals surface area contributed by atoms with E-state index in [-0.39, 0.29) is 30.0 Å². The zero-order valence-electron chi connectivity index (χ0n) is 15.8. The fourth-order valence-corrected chi connectivity index (χ4v) is 3.67. The van der Waals surface area contributed by atoms with Crippen LogP contribution < -0.4 is 14.8 Å². The maximum atomic E-state index is 12.5. The van der Waals surface area contributed by atoms with Crippen LogP contribution >= 0.6 is 0 Å². The number of nitrogens with zero attached hydrogens (tertiary/aromatic N) is 1. The molecule has 7 heteroatoms. The third-order valence-corrected chi connectivity index (χ3v) is 5.07. The fourth-order valence-electron chi connectivity index (χ4n) is 3.67. The van der Waals surface area contributed by atoms with Gasteiger partial charge in [0.05, 0.1) is 24.1 Å². The first-order valence-corrected chi connectivity index (χ1v) is 9.38. The first kappa shape index (κ1) is 19.7. The lowest BCUT2D eigenvalue weighted by Crippen LogP contribution is -2.36. The first-order chi connectivity index (χ1) is 13.6. The predicted molar refractivity (Wildman–Crippen MR) is 104 cm³/mol. The molecule has 0 aromatic heterocycles. The summed E-state index contributed by atoms with van der Waals surface area (Å²) in [4.78, 5) is 23.2. The summed E-state index contributed by atoms with van der Waals surface area (Å²) in [5, 5.41) is 14.3. The van der Waals surface area contributed by atoms with Crippen LogP contribution in [-0.4, -0.2) is 24.5 Å². The molecule has 1 amide bonds. The molecule has 0 heterocycles. The summed E-state index contributed by atoms with van der Waals surface area (Å²) < 4.78 is 10.5. The van der Waals surface area contributed by atoms with Crippen LogP contribution in [0.5, 0.6) is 11.5 Å². The Hall–Kier alpha value is -3.09. The van der Waals surface area contributed by atoms with Crippen molar-refractivity contribution in [2.45, 2.75) is 31.7 Å². The van der Waals surface area contributed by atoms with Gasteiger partial charge in [0.25, 0.3) is 5.91 Å². The van der Waals surface area contributed by atoms with E-state index in [0.717, 1.165) is 18.4 Å². The van der Waals surface area contributed by atoms with Crippen molar-refractivity contribution in [2.24, 2.45) is 5.92 Å².